The molecule has 1 aromatic carbocycles. The zero-order valence-corrected chi connectivity index (χ0v) is 30.5. The fraction of sp³-hybridized carbons (Fsp3) is 0.500. The molecule has 2 N–H and O–H groups in total. The molecule has 6 rings (SSSR count). The third-order valence-electron chi connectivity index (χ3n) is 10.9. The molecule has 13 nitrogen and oxygen atoms in total. The first kappa shape index (κ1) is 37.6. The van der Waals surface area contributed by atoms with Crippen molar-refractivity contribution in [2.45, 2.75) is 122 Å². The Morgan fingerprint density at radius 2 is 1.79 bits per heavy atom. The quantitative estimate of drug-likeness (QED) is 0.158. The second-order valence-electron chi connectivity index (χ2n) is 14.3. The molecule has 2 unspecified atom stereocenters. The van der Waals surface area contributed by atoms with E-state index >= 15 is 0 Å². The predicted octanol–water partition coefficient (Wildman–Crippen LogP) is 4.31. The molecular formula is C40H46N4O9. The van der Waals surface area contributed by atoms with Crippen molar-refractivity contribution in [3.8, 4) is 11.4 Å². The molecule has 0 bridgehead atoms. The number of nitrogens with zero attached hydrogens (tertiary/aromatic N) is 2. The standard InChI is InChI=1S/C40H46N4O9/c1-4-24(37(49)43-31(23(3)45)16-17-34(47)41-27-10-8-11-27)13-14-28(46)15-18-35(48)53-40(5-2)30-20-33-36-26(19-25-9-6-7-12-32(25)42-36)21-44(33)38(50)29(30)22-52-39(40)51/h6-7,9,12,19-20,24,27,31H,4-5,8,10-11,13-18,21-22H2,1-3H3,(H,41,47)(H,43,49)/t24?,31?,40-/m0/s1. The maximum atomic E-state index is 13.8. The number of Topliss-reactive ketones (excluding diaryl/α,β-unsaturated/α-hetero) is 2. The van der Waals surface area contributed by atoms with E-state index in [0.717, 1.165) is 35.7 Å². The summed E-state index contributed by atoms with van der Waals surface area (Å²) in [7, 11) is 0. The Bertz CT molecular complexity index is 2030. The minimum atomic E-state index is -1.88. The highest BCUT2D eigenvalue weighted by molar-refractivity contribution is 5.91. The molecule has 0 spiro atoms. The van der Waals surface area contributed by atoms with Crippen molar-refractivity contribution < 1.29 is 38.2 Å². The van der Waals surface area contributed by atoms with E-state index in [1.165, 1.54) is 6.92 Å². The van der Waals surface area contributed by atoms with E-state index in [9.17, 15) is 33.6 Å². The summed E-state index contributed by atoms with van der Waals surface area (Å²) in [4.78, 5) is 95.7. The molecule has 3 aliphatic rings. The van der Waals surface area contributed by atoms with Crippen molar-refractivity contribution in [3.05, 3.63) is 63.4 Å². The predicted molar refractivity (Wildman–Crippen MR) is 193 cm³/mol. The Labute approximate surface area is 307 Å². The second kappa shape index (κ2) is 15.8. The van der Waals surface area contributed by atoms with Gasteiger partial charge in [0.05, 0.1) is 41.5 Å². The first-order valence-corrected chi connectivity index (χ1v) is 18.6. The summed E-state index contributed by atoms with van der Waals surface area (Å²) in [6.45, 7) is 4.89. The van der Waals surface area contributed by atoms with Crippen LogP contribution >= 0.6 is 0 Å². The Morgan fingerprint density at radius 3 is 2.49 bits per heavy atom. The number of aromatic nitrogens is 2. The van der Waals surface area contributed by atoms with Crippen LogP contribution in [-0.4, -0.2) is 57.0 Å². The monoisotopic (exact) mass is 726 g/mol. The average molecular weight is 727 g/mol. The van der Waals surface area contributed by atoms with E-state index in [-0.39, 0.29) is 97.7 Å². The van der Waals surface area contributed by atoms with Crippen LogP contribution in [0.2, 0.25) is 0 Å². The van der Waals surface area contributed by atoms with Crippen molar-refractivity contribution in [2.24, 2.45) is 5.92 Å². The Balaban J connectivity index is 1.07. The molecule has 0 radical (unpaired) electrons. The highest BCUT2D eigenvalue weighted by Gasteiger charge is 2.50. The van der Waals surface area contributed by atoms with Gasteiger partial charge in [-0.1, -0.05) is 32.0 Å². The number of carbonyl (C=O) groups excluding carboxylic acids is 6. The molecule has 3 atom stereocenters. The largest absolute Gasteiger partial charge is 0.457 e. The van der Waals surface area contributed by atoms with E-state index in [2.05, 4.69) is 10.6 Å². The average Bonchev–Trinajstić information content (AvgIpc) is 3.48. The number of hydrogen-bond acceptors (Lipinski definition) is 10. The van der Waals surface area contributed by atoms with Gasteiger partial charge in [-0.3, -0.25) is 28.8 Å². The highest BCUT2D eigenvalue weighted by atomic mass is 16.6. The van der Waals surface area contributed by atoms with Crippen molar-refractivity contribution in [1.29, 1.82) is 0 Å². The zero-order valence-electron chi connectivity index (χ0n) is 30.5. The first-order chi connectivity index (χ1) is 25.4. The normalized spacial score (nSPS) is 18.4. The molecule has 1 aliphatic carbocycles. The van der Waals surface area contributed by atoms with Crippen LogP contribution < -0.4 is 16.2 Å². The molecular weight excluding hydrogens is 680 g/mol. The van der Waals surface area contributed by atoms with Crippen molar-refractivity contribution in [2.75, 3.05) is 0 Å². The van der Waals surface area contributed by atoms with Crippen molar-refractivity contribution >= 4 is 46.2 Å². The fourth-order valence-electron chi connectivity index (χ4n) is 7.34. The number of esters is 2. The molecule has 1 saturated carbocycles. The lowest BCUT2D eigenvalue weighted by Crippen LogP contribution is -2.47. The van der Waals surface area contributed by atoms with E-state index in [1.54, 1.807) is 17.6 Å². The molecule has 280 valence electrons. The SMILES string of the molecule is CCC(CCC(=O)CCC(=O)O[C@]1(CC)C(=O)OCc2c1cc1n(c2=O)Cc2cc3ccccc3nc2-1)C(=O)NC(CCC(=O)NC1CCC1)C(C)=O. The minimum Gasteiger partial charge on any atom is -0.457 e. The lowest BCUT2D eigenvalue weighted by atomic mass is 9.85. The third kappa shape index (κ3) is 7.79. The van der Waals surface area contributed by atoms with Gasteiger partial charge in [0, 0.05) is 47.7 Å². The van der Waals surface area contributed by atoms with E-state index in [4.69, 9.17) is 14.5 Å². The van der Waals surface area contributed by atoms with Crippen LogP contribution in [0.15, 0.2) is 41.2 Å². The van der Waals surface area contributed by atoms with E-state index in [1.807, 2.05) is 37.3 Å². The number of ketones is 2. The maximum absolute atomic E-state index is 13.8. The molecule has 2 amide bonds. The maximum Gasteiger partial charge on any atom is 0.355 e. The van der Waals surface area contributed by atoms with Crippen LogP contribution in [-0.2, 0) is 57.0 Å². The van der Waals surface area contributed by atoms with Crippen molar-refractivity contribution in [1.82, 2.24) is 20.2 Å². The molecule has 1 fully saturated rings. The number of rotatable bonds is 16. The zero-order chi connectivity index (χ0) is 37.9. The molecule has 2 aliphatic heterocycles. The van der Waals surface area contributed by atoms with Crippen LogP contribution in [0.25, 0.3) is 22.3 Å². The number of ether oxygens (including phenoxy) is 2. The van der Waals surface area contributed by atoms with Gasteiger partial charge in [0.1, 0.15) is 12.4 Å². The van der Waals surface area contributed by atoms with Gasteiger partial charge in [-0.25, -0.2) is 9.78 Å². The number of hydrogen-bond donors (Lipinski definition) is 2. The Morgan fingerprint density at radius 1 is 1.02 bits per heavy atom. The summed E-state index contributed by atoms with van der Waals surface area (Å²) >= 11 is 0. The van der Waals surface area contributed by atoms with Crippen LogP contribution in [0.3, 0.4) is 0 Å². The number of benzene rings is 1. The molecule has 4 heterocycles. The van der Waals surface area contributed by atoms with Crippen LogP contribution in [0.5, 0.6) is 0 Å². The first-order valence-electron chi connectivity index (χ1n) is 18.6. The number of carbonyl (C=O) groups is 6. The Kier molecular flexibility index (Phi) is 11.2. The summed E-state index contributed by atoms with van der Waals surface area (Å²) in [5.74, 6) is -3.17. The summed E-state index contributed by atoms with van der Waals surface area (Å²) in [6.07, 6.45) is 3.46. The van der Waals surface area contributed by atoms with Gasteiger partial charge in [0.25, 0.3) is 5.56 Å². The topological polar surface area (TPSA) is 180 Å². The third-order valence-corrected chi connectivity index (χ3v) is 10.9. The number of pyridine rings is 2. The summed E-state index contributed by atoms with van der Waals surface area (Å²) < 4.78 is 12.9. The van der Waals surface area contributed by atoms with Gasteiger partial charge in [-0.2, -0.15) is 0 Å². The molecule has 53 heavy (non-hydrogen) atoms. The van der Waals surface area contributed by atoms with E-state index in [0.29, 0.717) is 24.4 Å². The minimum absolute atomic E-state index is 0.000835. The van der Waals surface area contributed by atoms with Gasteiger partial charge in [-0.15, -0.1) is 0 Å². The Hall–Kier alpha value is -5.20. The van der Waals surface area contributed by atoms with Crippen molar-refractivity contribution in [3.63, 3.8) is 0 Å². The number of cyclic esters (lactones) is 1. The van der Waals surface area contributed by atoms with Gasteiger partial charge in [0.2, 0.25) is 17.4 Å². The van der Waals surface area contributed by atoms with E-state index < -0.39 is 29.5 Å². The fourth-order valence-corrected chi connectivity index (χ4v) is 7.34. The number of amides is 2. The molecule has 3 aromatic rings. The number of para-hydroxylation sites is 1. The van der Waals surface area contributed by atoms with Crippen LogP contribution in [0.4, 0.5) is 0 Å². The molecule has 13 heteroatoms. The molecule has 2 aromatic heterocycles. The van der Waals surface area contributed by atoms with Gasteiger partial charge >= 0.3 is 11.9 Å². The summed E-state index contributed by atoms with van der Waals surface area (Å²) in [5, 5.41) is 6.62. The second-order valence-corrected chi connectivity index (χ2v) is 14.3. The lowest BCUT2D eigenvalue weighted by Gasteiger charge is -2.35. The van der Waals surface area contributed by atoms with Crippen LogP contribution in [0, 0.1) is 5.92 Å². The van der Waals surface area contributed by atoms with Gasteiger partial charge in [-0.05, 0) is 70.1 Å². The summed E-state index contributed by atoms with van der Waals surface area (Å²) in [6, 6.07) is 10.7. The van der Waals surface area contributed by atoms with Gasteiger partial charge < -0.3 is 24.7 Å². The number of nitrogens with one attached hydrogen (secondary N) is 2. The van der Waals surface area contributed by atoms with Gasteiger partial charge in [0.15, 0.2) is 5.78 Å². The smallest absolute Gasteiger partial charge is 0.355 e. The lowest BCUT2D eigenvalue weighted by molar-refractivity contribution is -0.189. The number of fused-ring (bicyclic) bond motifs is 5. The van der Waals surface area contributed by atoms with Crippen LogP contribution in [0.1, 0.15) is 108 Å². The molecule has 0 saturated heterocycles. The highest BCUT2D eigenvalue weighted by Crippen LogP contribution is 2.41. The summed E-state index contributed by atoms with van der Waals surface area (Å²) in [5.41, 5.74) is 1.01.